The highest BCUT2D eigenvalue weighted by Gasteiger charge is 2.53. The van der Waals surface area contributed by atoms with Crippen molar-refractivity contribution in [3.63, 3.8) is 0 Å². The Hall–Kier alpha value is -2.00. The van der Waals surface area contributed by atoms with Gasteiger partial charge in [-0.05, 0) is 92.1 Å². The number of benzene rings is 2. The summed E-state index contributed by atoms with van der Waals surface area (Å²) in [6.45, 7) is 13.2. The monoisotopic (exact) mass is 506 g/mol. The molecule has 1 aliphatic heterocycles. The number of phenols is 1. The normalized spacial score (nSPS) is 28.7. The van der Waals surface area contributed by atoms with Crippen molar-refractivity contribution in [3.05, 3.63) is 52.6 Å². The van der Waals surface area contributed by atoms with Gasteiger partial charge in [0.1, 0.15) is 18.8 Å². The maximum atomic E-state index is 11.8. The fourth-order valence-corrected chi connectivity index (χ4v) is 8.52. The van der Waals surface area contributed by atoms with E-state index in [1.165, 1.54) is 66.5 Å². The zero-order chi connectivity index (χ0) is 24.5. The standard InChI is InChI=1S/C32H42N2O.ClH/c1-20(2)26-7-6-8-27(21(3)4)30(26)34-10-9-33(19-34)29-12-22(5)11-28(31(29)35)32-16-23-13-24(17-32)15-25(14-23)18-32;/h6-8,11-12,19-21,23-25H,9-10,13-18H2,1-5H3;1H. The van der Waals surface area contributed by atoms with Gasteiger partial charge in [-0.2, -0.15) is 0 Å². The second kappa shape index (κ2) is 9.39. The zero-order valence-electron chi connectivity index (χ0n) is 22.7. The van der Waals surface area contributed by atoms with Gasteiger partial charge in [-0.1, -0.05) is 52.0 Å². The number of nitrogens with zero attached hydrogens (tertiary/aromatic N) is 2. The predicted octanol–water partition coefficient (Wildman–Crippen LogP) is 4.61. The molecule has 4 saturated carbocycles. The van der Waals surface area contributed by atoms with Crippen molar-refractivity contribution in [3.8, 4) is 5.75 Å². The minimum atomic E-state index is 0. The number of para-hydroxylation sites is 1. The minimum absolute atomic E-state index is 0. The molecule has 2 aromatic carbocycles. The number of phenolic OH excluding ortho intramolecular Hbond substituents is 1. The fraction of sp³-hybridized carbons (Fsp3) is 0.594. The van der Waals surface area contributed by atoms with Crippen LogP contribution in [0.25, 0.3) is 0 Å². The van der Waals surface area contributed by atoms with Crippen LogP contribution in [0.15, 0.2) is 30.3 Å². The van der Waals surface area contributed by atoms with Crippen LogP contribution in [-0.2, 0) is 5.41 Å². The lowest BCUT2D eigenvalue weighted by atomic mass is 9.48. The van der Waals surface area contributed by atoms with E-state index in [2.05, 4.69) is 80.8 Å². The average Bonchev–Trinajstić information content (AvgIpc) is 3.28. The summed E-state index contributed by atoms with van der Waals surface area (Å²) in [5.41, 5.74) is 7.94. The van der Waals surface area contributed by atoms with Crippen LogP contribution in [0.3, 0.4) is 0 Å². The van der Waals surface area contributed by atoms with Crippen molar-refractivity contribution in [1.29, 1.82) is 0 Å². The second-order valence-electron chi connectivity index (χ2n) is 13.0. The zero-order valence-corrected chi connectivity index (χ0v) is 23.5. The van der Waals surface area contributed by atoms with E-state index in [1.807, 2.05) is 0 Å². The maximum absolute atomic E-state index is 11.8. The molecule has 4 bridgehead atoms. The number of aromatic hydroxyl groups is 1. The van der Waals surface area contributed by atoms with Gasteiger partial charge in [0, 0.05) is 16.7 Å². The van der Waals surface area contributed by atoms with Crippen LogP contribution in [0.1, 0.15) is 100 Å². The summed E-state index contributed by atoms with van der Waals surface area (Å²) in [5.74, 6) is 4.13. The lowest BCUT2D eigenvalue weighted by Crippen LogP contribution is -3.00. The SMILES string of the molecule is Cc1cc(N2C=[N+](c3c(C(C)C)cccc3C(C)C)CC2)c(O)c(C23CC4CC(CC(C4)C2)C3)c1.[Cl-]. The van der Waals surface area contributed by atoms with Crippen molar-refractivity contribution < 1.29 is 22.1 Å². The van der Waals surface area contributed by atoms with E-state index in [-0.39, 0.29) is 17.8 Å². The number of rotatable bonds is 5. The molecule has 0 unspecified atom stereocenters. The molecule has 3 nitrogen and oxygen atoms in total. The molecule has 1 heterocycles. The van der Waals surface area contributed by atoms with Gasteiger partial charge in [-0.25, -0.2) is 9.48 Å². The largest absolute Gasteiger partial charge is 1.00 e. The molecule has 4 fully saturated rings. The Bertz CT molecular complexity index is 1120. The van der Waals surface area contributed by atoms with Gasteiger partial charge in [0.05, 0.1) is 0 Å². The first-order chi connectivity index (χ1) is 16.7. The Morgan fingerprint density at radius 2 is 1.47 bits per heavy atom. The Balaban J connectivity index is 0.00000267. The number of hydrogen-bond donors (Lipinski definition) is 1. The van der Waals surface area contributed by atoms with E-state index in [0.717, 1.165) is 36.5 Å². The third kappa shape index (κ3) is 4.16. The molecule has 0 spiro atoms. The van der Waals surface area contributed by atoms with Crippen molar-refractivity contribution in [1.82, 2.24) is 0 Å². The molecule has 0 saturated heterocycles. The first-order valence-electron chi connectivity index (χ1n) is 14.1. The van der Waals surface area contributed by atoms with Crippen LogP contribution >= 0.6 is 0 Å². The third-order valence-corrected chi connectivity index (χ3v) is 9.64. The molecule has 4 aliphatic carbocycles. The highest BCUT2D eigenvalue weighted by Crippen LogP contribution is 2.62. The molecule has 1 N–H and O–H groups in total. The predicted molar refractivity (Wildman–Crippen MR) is 146 cm³/mol. The van der Waals surface area contributed by atoms with Gasteiger partial charge in [0.25, 0.3) is 0 Å². The number of halogens is 1. The van der Waals surface area contributed by atoms with Crippen LogP contribution in [0, 0.1) is 24.7 Å². The molecule has 5 aliphatic rings. The highest BCUT2D eigenvalue weighted by molar-refractivity contribution is 5.83. The molecule has 7 rings (SSSR count). The lowest BCUT2D eigenvalue weighted by molar-refractivity contribution is -0.425. The second-order valence-corrected chi connectivity index (χ2v) is 13.0. The minimum Gasteiger partial charge on any atom is -1.00 e. The van der Waals surface area contributed by atoms with Gasteiger partial charge >= 0.3 is 0 Å². The van der Waals surface area contributed by atoms with Crippen LogP contribution in [0.2, 0.25) is 0 Å². The quantitative estimate of drug-likeness (QED) is 0.599. The molecule has 0 radical (unpaired) electrons. The molecule has 36 heavy (non-hydrogen) atoms. The number of hydrogen-bond acceptors (Lipinski definition) is 2. The molecular weight excluding hydrogens is 464 g/mol. The molecular formula is C32H43ClN2O. The molecule has 2 aromatic rings. The van der Waals surface area contributed by atoms with Crippen molar-refractivity contribution in [2.24, 2.45) is 17.8 Å². The summed E-state index contributed by atoms with van der Waals surface area (Å²) in [4.78, 5) is 2.31. The van der Waals surface area contributed by atoms with Crippen molar-refractivity contribution >= 4 is 17.7 Å². The summed E-state index contributed by atoms with van der Waals surface area (Å²) in [6.07, 6.45) is 10.4. The summed E-state index contributed by atoms with van der Waals surface area (Å²) < 4.78 is 2.44. The first-order valence-corrected chi connectivity index (χ1v) is 14.1. The van der Waals surface area contributed by atoms with Gasteiger partial charge in [0.15, 0.2) is 11.4 Å². The first kappa shape index (κ1) is 25.6. The van der Waals surface area contributed by atoms with E-state index in [0.29, 0.717) is 17.6 Å². The fourth-order valence-electron chi connectivity index (χ4n) is 8.52. The van der Waals surface area contributed by atoms with E-state index < -0.39 is 0 Å². The van der Waals surface area contributed by atoms with Gasteiger partial charge < -0.3 is 17.5 Å². The van der Waals surface area contributed by atoms with Gasteiger partial charge in [0.2, 0.25) is 6.34 Å². The van der Waals surface area contributed by atoms with Crippen LogP contribution < -0.4 is 17.3 Å². The van der Waals surface area contributed by atoms with E-state index in [4.69, 9.17) is 0 Å². The Morgan fingerprint density at radius 1 is 0.917 bits per heavy atom. The topological polar surface area (TPSA) is 26.5 Å². The van der Waals surface area contributed by atoms with Crippen molar-refractivity contribution in [2.75, 3.05) is 18.0 Å². The van der Waals surface area contributed by atoms with Crippen LogP contribution in [0.5, 0.6) is 5.75 Å². The molecule has 4 heteroatoms. The van der Waals surface area contributed by atoms with E-state index in [1.54, 1.807) is 0 Å². The third-order valence-electron chi connectivity index (χ3n) is 9.64. The summed E-state index contributed by atoms with van der Waals surface area (Å²) >= 11 is 0. The molecule has 0 atom stereocenters. The van der Waals surface area contributed by atoms with Gasteiger partial charge in [-0.3, -0.25) is 0 Å². The van der Waals surface area contributed by atoms with E-state index in [9.17, 15) is 5.11 Å². The van der Waals surface area contributed by atoms with Crippen LogP contribution in [0.4, 0.5) is 11.4 Å². The molecule has 0 amide bonds. The number of anilines is 1. The lowest BCUT2D eigenvalue weighted by Gasteiger charge is -2.57. The van der Waals surface area contributed by atoms with Gasteiger partial charge in [-0.15, -0.1) is 0 Å². The Labute approximate surface area is 224 Å². The number of aryl methyl sites for hydroxylation is 1. The van der Waals surface area contributed by atoms with Crippen molar-refractivity contribution in [2.45, 2.75) is 90.4 Å². The summed E-state index contributed by atoms with van der Waals surface area (Å²) in [5, 5.41) is 11.8. The highest BCUT2D eigenvalue weighted by atomic mass is 35.5. The molecule has 0 aromatic heterocycles. The smallest absolute Gasteiger partial charge is 0.244 e. The summed E-state index contributed by atoms with van der Waals surface area (Å²) in [7, 11) is 0. The van der Waals surface area contributed by atoms with Crippen LogP contribution in [-0.4, -0.2) is 29.1 Å². The Morgan fingerprint density at radius 3 is 2.00 bits per heavy atom. The molecule has 194 valence electrons. The summed E-state index contributed by atoms with van der Waals surface area (Å²) in [6, 6.07) is 11.3. The maximum Gasteiger partial charge on any atom is 0.244 e. The Kier molecular flexibility index (Phi) is 6.69. The van der Waals surface area contributed by atoms with E-state index >= 15 is 0 Å². The average molecular weight is 507 g/mol.